The van der Waals surface area contributed by atoms with Crippen LogP contribution in [0.25, 0.3) is 0 Å². The highest BCUT2D eigenvalue weighted by Crippen LogP contribution is 2.08. The van der Waals surface area contributed by atoms with Crippen LogP contribution in [0.1, 0.15) is 26.7 Å². The smallest absolute Gasteiger partial charge is 0.0302 e. The van der Waals surface area contributed by atoms with E-state index in [1.54, 1.807) is 0 Å². The molecule has 1 aliphatic heterocycles. The van der Waals surface area contributed by atoms with Gasteiger partial charge in [-0.25, -0.2) is 0 Å². The van der Waals surface area contributed by atoms with E-state index in [4.69, 9.17) is 0 Å². The van der Waals surface area contributed by atoms with Crippen LogP contribution in [0.3, 0.4) is 0 Å². The minimum Gasteiger partial charge on any atom is -0.374 e. The largest absolute Gasteiger partial charge is 0.374 e. The molecule has 0 bridgehead atoms. The molecular weight excluding hydrogens is 184 g/mol. The van der Waals surface area contributed by atoms with Crippen LogP contribution in [0.2, 0.25) is 0 Å². The Labute approximate surface area is 94.3 Å². The predicted molar refractivity (Wildman–Crippen MR) is 66.9 cm³/mol. The lowest BCUT2D eigenvalue weighted by Gasteiger charge is -2.23. The lowest BCUT2D eigenvalue weighted by Crippen LogP contribution is -2.27. The van der Waals surface area contributed by atoms with Crippen molar-refractivity contribution in [3.63, 3.8) is 0 Å². The van der Waals surface area contributed by atoms with Gasteiger partial charge >= 0.3 is 0 Å². The summed E-state index contributed by atoms with van der Waals surface area (Å²) in [5.74, 6) is 0. The first-order valence-electron chi connectivity index (χ1n) is 6.01. The van der Waals surface area contributed by atoms with E-state index in [1.165, 1.54) is 38.3 Å². The molecule has 0 N–H and O–H groups in total. The maximum Gasteiger partial charge on any atom is 0.0302 e. The van der Waals surface area contributed by atoms with Gasteiger partial charge in [0.05, 0.1) is 0 Å². The zero-order valence-corrected chi connectivity index (χ0v) is 10.4. The van der Waals surface area contributed by atoms with Crippen molar-refractivity contribution in [1.82, 2.24) is 9.80 Å². The molecule has 0 aromatic carbocycles. The molecule has 1 aliphatic rings. The topological polar surface area (TPSA) is 6.48 Å². The Morgan fingerprint density at radius 1 is 1.20 bits per heavy atom. The lowest BCUT2D eigenvalue weighted by molar-refractivity contribution is 0.326. The van der Waals surface area contributed by atoms with Crippen LogP contribution in [0, 0.1) is 0 Å². The number of hydrogen-bond acceptors (Lipinski definition) is 2. The fourth-order valence-corrected chi connectivity index (χ4v) is 1.85. The second kappa shape index (κ2) is 6.67. The molecule has 1 heterocycles. The van der Waals surface area contributed by atoms with Gasteiger partial charge < -0.3 is 9.80 Å². The van der Waals surface area contributed by atoms with Gasteiger partial charge in [-0.3, -0.25) is 0 Å². The Morgan fingerprint density at radius 3 is 2.73 bits per heavy atom. The molecular formula is C13H24N2. The molecule has 0 saturated carbocycles. The average molecular weight is 208 g/mol. The number of rotatable bonds is 3. The van der Waals surface area contributed by atoms with Gasteiger partial charge in [-0.05, 0) is 39.4 Å². The minimum absolute atomic E-state index is 1.12. The fraction of sp³-hybridized carbons (Fsp3) is 0.692. The van der Waals surface area contributed by atoms with Crippen LogP contribution in [-0.2, 0) is 0 Å². The Morgan fingerprint density at radius 2 is 2.00 bits per heavy atom. The summed E-state index contributed by atoms with van der Waals surface area (Å²) in [6.07, 6.45) is 9.00. The summed E-state index contributed by atoms with van der Waals surface area (Å²) in [6, 6.07) is 0. The van der Waals surface area contributed by atoms with E-state index in [9.17, 15) is 0 Å². The quantitative estimate of drug-likeness (QED) is 0.658. The molecule has 0 amide bonds. The average Bonchev–Trinajstić information content (AvgIpc) is 2.43. The van der Waals surface area contributed by atoms with E-state index < -0.39 is 0 Å². The van der Waals surface area contributed by atoms with E-state index in [-0.39, 0.29) is 0 Å². The summed E-state index contributed by atoms with van der Waals surface area (Å²) in [5, 5.41) is 0. The Balaban J connectivity index is 2.47. The zero-order valence-electron chi connectivity index (χ0n) is 10.4. The van der Waals surface area contributed by atoms with E-state index in [0.717, 1.165) is 6.42 Å². The highest BCUT2D eigenvalue weighted by molar-refractivity contribution is 5.10. The van der Waals surface area contributed by atoms with Crippen molar-refractivity contribution < 1.29 is 0 Å². The van der Waals surface area contributed by atoms with Crippen molar-refractivity contribution in [2.75, 3.05) is 33.2 Å². The van der Waals surface area contributed by atoms with Crippen LogP contribution in [0.15, 0.2) is 23.9 Å². The summed E-state index contributed by atoms with van der Waals surface area (Å²) >= 11 is 0. The van der Waals surface area contributed by atoms with E-state index in [2.05, 4.69) is 48.9 Å². The van der Waals surface area contributed by atoms with Crippen LogP contribution < -0.4 is 0 Å². The van der Waals surface area contributed by atoms with E-state index in [1.807, 2.05) is 0 Å². The highest BCUT2D eigenvalue weighted by Gasteiger charge is 2.11. The van der Waals surface area contributed by atoms with Crippen molar-refractivity contribution in [1.29, 1.82) is 0 Å². The summed E-state index contributed by atoms with van der Waals surface area (Å²) in [7, 11) is 2.21. The van der Waals surface area contributed by atoms with Crippen LogP contribution in [0.4, 0.5) is 0 Å². The molecule has 1 fully saturated rings. The third kappa shape index (κ3) is 4.52. The lowest BCUT2D eigenvalue weighted by atomic mass is 10.3. The van der Waals surface area contributed by atoms with Gasteiger partial charge in [-0.1, -0.05) is 19.1 Å². The number of likely N-dealkylation sites (N-methyl/N-ethyl adjacent to an activating group) is 1. The molecule has 86 valence electrons. The normalized spacial score (nSPS) is 21.0. The molecule has 0 spiro atoms. The first-order valence-corrected chi connectivity index (χ1v) is 6.01. The Bertz CT molecular complexity index is 231. The maximum absolute atomic E-state index is 2.49. The second-order valence-electron chi connectivity index (χ2n) is 4.29. The fourth-order valence-electron chi connectivity index (χ4n) is 1.85. The Kier molecular flexibility index (Phi) is 5.48. The van der Waals surface area contributed by atoms with Gasteiger partial charge in [0, 0.05) is 25.3 Å². The van der Waals surface area contributed by atoms with Gasteiger partial charge in [0.25, 0.3) is 0 Å². The zero-order chi connectivity index (χ0) is 11.1. The second-order valence-corrected chi connectivity index (χ2v) is 4.29. The van der Waals surface area contributed by atoms with Crippen LogP contribution in [-0.4, -0.2) is 43.0 Å². The number of hydrogen-bond donors (Lipinski definition) is 0. The third-order valence-electron chi connectivity index (χ3n) is 2.93. The third-order valence-corrected chi connectivity index (χ3v) is 2.93. The van der Waals surface area contributed by atoms with Crippen molar-refractivity contribution in [3.05, 3.63) is 23.9 Å². The van der Waals surface area contributed by atoms with Crippen molar-refractivity contribution in [3.8, 4) is 0 Å². The standard InChI is InChI=1S/C13H24N2/c1-4-5-6-8-13(2)15-10-7-9-14(3)11-12-15/h5-6,8H,4,7,9-12H2,1-3H3/b6-5-,13-8+. The maximum atomic E-state index is 2.49. The molecule has 0 atom stereocenters. The summed E-state index contributed by atoms with van der Waals surface area (Å²) < 4.78 is 0. The molecule has 2 heteroatoms. The SMILES string of the molecule is CC/C=C\C=C(/C)N1CCCN(C)CC1. The molecule has 1 saturated heterocycles. The number of nitrogens with zero attached hydrogens (tertiary/aromatic N) is 2. The summed E-state index contributed by atoms with van der Waals surface area (Å²) in [6.45, 7) is 9.16. The van der Waals surface area contributed by atoms with Gasteiger partial charge in [-0.15, -0.1) is 0 Å². The van der Waals surface area contributed by atoms with Crippen molar-refractivity contribution in [2.45, 2.75) is 26.7 Å². The van der Waals surface area contributed by atoms with Crippen molar-refractivity contribution in [2.24, 2.45) is 0 Å². The predicted octanol–water partition coefficient (Wildman–Crippen LogP) is 2.49. The number of allylic oxidation sites excluding steroid dienone is 4. The van der Waals surface area contributed by atoms with Crippen molar-refractivity contribution >= 4 is 0 Å². The summed E-state index contributed by atoms with van der Waals surface area (Å²) in [4.78, 5) is 4.90. The van der Waals surface area contributed by atoms with E-state index >= 15 is 0 Å². The van der Waals surface area contributed by atoms with Gasteiger partial charge in [0.1, 0.15) is 0 Å². The highest BCUT2D eigenvalue weighted by atomic mass is 15.2. The molecule has 1 rings (SSSR count). The van der Waals surface area contributed by atoms with Gasteiger partial charge in [0.15, 0.2) is 0 Å². The molecule has 0 radical (unpaired) electrons. The van der Waals surface area contributed by atoms with Gasteiger partial charge in [-0.2, -0.15) is 0 Å². The first kappa shape index (κ1) is 12.3. The molecule has 0 aromatic rings. The van der Waals surface area contributed by atoms with Crippen LogP contribution in [0.5, 0.6) is 0 Å². The molecule has 2 nitrogen and oxygen atoms in total. The molecule has 0 aromatic heterocycles. The minimum atomic E-state index is 1.12. The first-order chi connectivity index (χ1) is 7.24. The van der Waals surface area contributed by atoms with E-state index in [0.29, 0.717) is 0 Å². The monoisotopic (exact) mass is 208 g/mol. The summed E-state index contributed by atoms with van der Waals surface area (Å²) in [5.41, 5.74) is 1.40. The van der Waals surface area contributed by atoms with Crippen LogP contribution >= 0.6 is 0 Å². The Hall–Kier alpha value is -0.760. The molecule has 0 unspecified atom stereocenters. The van der Waals surface area contributed by atoms with Gasteiger partial charge in [0.2, 0.25) is 0 Å². The molecule has 0 aliphatic carbocycles. The molecule has 15 heavy (non-hydrogen) atoms.